The van der Waals surface area contributed by atoms with Crippen LogP contribution in [0.1, 0.15) is 29.7 Å². The van der Waals surface area contributed by atoms with E-state index >= 15 is 0 Å². The fourth-order valence-corrected chi connectivity index (χ4v) is 4.14. The van der Waals surface area contributed by atoms with Crippen molar-refractivity contribution in [2.45, 2.75) is 19.6 Å². The molecule has 3 aromatic carbocycles. The Balaban J connectivity index is 2.17. The number of carbonyl (C=O) groups is 2. The monoisotopic (exact) mass is 553 g/mol. The minimum atomic E-state index is -1.42. The Hall–Kier alpha value is -4.57. The number of aliphatic hydroxyl groups is 1. The number of para-hydroxylation sites is 1. The zero-order valence-electron chi connectivity index (χ0n) is 23.0. The lowest BCUT2D eigenvalue weighted by atomic mass is 9.97. The molecule has 9 nitrogen and oxygen atoms in total. The standard InChI is InChI=1S/C30H32FNO8/c1-6-40-28(34)15-14-27(33)32(18-19-10-12-21(36-2)17-26(19)38-4)24-13-11-20(31)16-23(24)29(35)22-8-7-9-25(37-3)30(22)39-5/h7-17,29,35H,6,18H2,1-5H3. The van der Waals surface area contributed by atoms with E-state index in [2.05, 4.69) is 0 Å². The van der Waals surface area contributed by atoms with Crippen molar-refractivity contribution in [3.63, 3.8) is 0 Å². The van der Waals surface area contributed by atoms with Crippen LogP contribution in [0.4, 0.5) is 10.1 Å². The summed E-state index contributed by atoms with van der Waals surface area (Å²) in [5.41, 5.74) is 1.15. The molecule has 0 aliphatic rings. The number of rotatable bonds is 12. The second-order valence-electron chi connectivity index (χ2n) is 8.38. The van der Waals surface area contributed by atoms with Gasteiger partial charge < -0.3 is 33.7 Å². The Bertz CT molecular complexity index is 1370. The fourth-order valence-electron chi connectivity index (χ4n) is 4.14. The fraction of sp³-hybridized carbons (Fsp3) is 0.267. The summed E-state index contributed by atoms with van der Waals surface area (Å²) in [5, 5.41) is 11.5. The van der Waals surface area contributed by atoms with Gasteiger partial charge in [-0.15, -0.1) is 0 Å². The molecule has 0 heterocycles. The molecule has 0 aromatic heterocycles. The highest BCUT2D eigenvalue weighted by atomic mass is 19.1. The number of halogens is 1. The first-order valence-corrected chi connectivity index (χ1v) is 12.3. The minimum absolute atomic E-state index is 0.0558. The molecule has 1 N–H and O–H groups in total. The van der Waals surface area contributed by atoms with E-state index in [1.165, 1.54) is 45.5 Å². The predicted molar refractivity (Wildman–Crippen MR) is 147 cm³/mol. The topological polar surface area (TPSA) is 104 Å². The smallest absolute Gasteiger partial charge is 0.330 e. The lowest BCUT2D eigenvalue weighted by Crippen LogP contribution is -2.30. The normalized spacial score (nSPS) is 11.6. The van der Waals surface area contributed by atoms with Crippen LogP contribution in [0.2, 0.25) is 0 Å². The SMILES string of the molecule is CCOC(=O)C=CC(=O)N(Cc1ccc(OC)cc1OC)c1ccc(F)cc1C(O)c1cccc(OC)c1OC. The first kappa shape index (κ1) is 30.0. The van der Waals surface area contributed by atoms with Gasteiger partial charge in [0.05, 0.1) is 47.3 Å². The van der Waals surface area contributed by atoms with Crippen LogP contribution in [-0.2, 0) is 20.9 Å². The van der Waals surface area contributed by atoms with Crippen molar-refractivity contribution in [1.82, 2.24) is 0 Å². The number of ether oxygens (including phenoxy) is 5. The summed E-state index contributed by atoms with van der Waals surface area (Å²) >= 11 is 0. The molecule has 0 aliphatic carbocycles. The van der Waals surface area contributed by atoms with E-state index in [1.54, 1.807) is 43.3 Å². The number of carbonyl (C=O) groups excluding carboxylic acids is 2. The molecule has 0 aliphatic heterocycles. The van der Waals surface area contributed by atoms with Crippen LogP contribution in [0.15, 0.2) is 66.7 Å². The molecular weight excluding hydrogens is 521 g/mol. The van der Waals surface area contributed by atoms with E-state index in [-0.39, 0.29) is 30.2 Å². The molecule has 0 spiro atoms. The average molecular weight is 554 g/mol. The zero-order chi connectivity index (χ0) is 29.2. The van der Waals surface area contributed by atoms with Crippen LogP contribution in [0, 0.1) is 5.82 Å². The van der Waals surface area contributed by atoms with Crippen LogP contribution in [0.25, 0.3) is 0 Å². The van der Waals surface area contributed by atoms with Gasteiger partial charge in [0.15, 0.2) is 11.5 Å². The number of hydrogen-bond acceptors (Lipinski definition) is 8. The number of amides is 1. The van der Waals surface area contributed by atoms with E-state index in [0.717, 1.165) is 18.2 Å². The molecule has 0 bridgehead atoms. The molecule has 0 saturated heterocycles. The Morgan fingerprint density at radius 1 is 0.900 bits per heavy atom. The third-order valence-corrected chi connectivity index (χ3v) is 6.04. The number of esters is 1. The maximum absolute atomic E-state index is 14.6. The van der Waals surface area contributed by atoms with Crippen LogP contribution < -0.4 is 23.8 Å². The van der Waals surface area contributed by atoms with E-state index in [4.69, 9.17) is 23.7 Å². The summed E-state index contributed by atoms with van der Waals surface area (Å²) in [6.45, 7) is 1.73. The molecule has 1 amide bonds. The number of benzene rings is 3. The molecule has 1 unspecified atom stereocenters. The molecular formula is C30H32FNO8. The predicted octanol–water partition coefficient (Wildman–Crippen LogP) is 4.59. The number of aliphatic hydroxyl groups excluding tert-OH is 1. The Morgan fingerprint density at radius 3 is 2.30 bits per heavy atom. The third-order valence-electron chi connectivity index (χ3n) is 6.04. The van der Waals surface area contributed by atoms with Crippen LogP contribution >= 0.6 is 0 Å². The van der Waals surface area contributed by atoms with Crippen molar-refractivity contribution in [3.05, 3.63) is 89.3 Å². The minimum Gasteiger partial charge on any atom is -0.497 e. The first-order chi connectivity index (χ1) is 19.3. The summed E-state index contributed by atoms with van der Waals surface area (Å²) in [6.07, 6.45) is 0.645. The lowest BCUT2D eigenvalue weighted by molar-refractivity contribution is -0.137. The van der Waals surface area contributed by atoms with E-state index in [0.29, 0.717) is 28.4 Å². The van der Waals surface area contributed by atoms with E-state index in [1.807, 2.05) is 0 Å². The molecule has 10 heteroatoms. The molecule has 0 radical (unpaired) electrons. The van der Waals surface area contributed by atoms with Gasteiger partial charge in [-0.25, -0.2) is 9.18 Å². The van der Waals surface area contributed by atoms with Gasteiger partial charge in [-0.05, 0) is 43.3 Å². The molecule has 3 rings (SSSR count). The zero-order valence-corrected chi connectivity index (χ0v) is 23.0. The Kier molecular flexibility index (Phi) is 10.5. The maximum Gasteiger partial charge on any atom is 0.330 e. The Morgan fingerprint density at radius 2 is 1.65 bits per heavy atom. The number of methoxy groups -OCH3 is 4. The summed E-state index contributed by atoms with van der Waals surface area (Å²) in [7, 11) is 5.88. The van der Waals surface area contributed by atoms with E-state index < -0.39 is 23.8 Å². The maximum atomic E-state index is 14.6. The number of nitrogens with zero attached hydrogens (tertiary/aromatic N) is 1. The molecule has 0 fully saturated rings. The molecule has 40 heavy (non-hydrogen) atoms. The van der Waals surface area contributed by atoms with Crippen molar-refractivity contribution in [2.24, 2.45) is 0 Å². The highest BCUT2D eigenvalue weighted by Crippen LogP contribution is 2.40. The van der Waals surface area contributed by atoms with Gasteiger partial charge in [-0.1, -0.05) is 12.1 Å². The van der Waals surface area contributed by atoms with Gasteiger partial charge in [-0.3, -0.25) is 4.79 Å². The Labute approximate surface area is 232 Å². The van der Waals surface area contributed by atoms with Crippen molar-refractivity contribution in [2.75, 3.05) is 39.9 Å². The molecule has 212 valence electrons. The van der Waals surface area contributed by atoms with Crippen molar-refractivity contribution < 1.29 is 42.8 Å². The van der Waals surface area contributed by atoms with Crippen LogP contribution in [-0.4, -0.2) is 52.0 Å². The van der Waals surface area contributed by atoms with Gasteiger partial charge in [0.1, 0.15) is 23.4 Å². The second kappa shape index (κ2) is 14.0. The summed E-state index contributed by atoms with van der Waals surface area (Å²) < 4.78 is 41.1. The van der Waals surface area contributed by atoms with Crippen molar-refractivity contribution >= 4 is 17.6 Å². The van der Waals surface area contributed by atoms with Crippen LogP contribution in [0.3, 0.4) is 0 Å². The quantitative estimate of drug-likeness (QED) is 0.257. The summed E-state index contributed by atoms with van der Waals surface area (Å²) in [6, 6.07) is 13.7. The largest absolute Gasteiger partial charge is 0.497 e. The van der Waals surface area contributed by atoms with Gasteiger partial charge in [0.2, 0.25) is 0 Å². The van der Waals surface area contributed by atoms with E-state index in [9.17, 15) is 19.1 Å². The second-order valence-corrected chi connectivity index (χ2v) is 8.38. The number of hydrogen-bond donors (Lipinski definition) is 1. The van der Waals surface area contributed by atoms with Crippen LogP contribution in [0.5, 0.6) is 23.0 Å². The highest BCUT2D eigenvalue weighted by molar-refractivity contribution is 6.04. The molecule has 0 saturated carbocycles. The van der Waals surface area contributed by atoms with Gasteiger partial charge >= 0.3 is 5.97 Å². The van der Waals surface area contributed by atoms with Gasteiger partial charge in [0.25, 0.3) is 5.91 Å². The molecule has 1 atom stereocenters. The van der Waals surface area contributed by atoms with Gasteiger partial charge in [-0.2, -0.15) is 0 Å². The summed E-state index contributed by atoms with van der Waals surface area (Å²) in [5.74, 6) is -0.346. The highest BCUT2D eigenvalue weighted by Gasteiger charge is 2.27. The average Bonchev–Trinajstić information content (AvgIpc) is 2.98. The van der Waals surface area contributed by atoms with Crippen molar-refractivity contribution in [3.8, 4) is 23.0 Å². The molecule has 3 aromatic rings. The number of anilines is 1. The summed E-state index contributed by atoms with van der Waals surface area (Å²) in [4.78, 5) is 26.8. The van der Waals surface area contributed by atoms with Crippen molar-refractivity contribution in [1.29, 1.82) is 0 Å². The van der Waals surface area contributed by atoms with Gasteiger partial charge in [0, 0.05) is 34.9 Å². The lowest BCUT2D eigenvalue weighted by Gasteiger charge is -2.27. The first-order valence-electron chi connectivity index (χ1n) is 12.3. The third kappa shape index (κ3) is 6.89.